The largest absolute Gasteiger partial charge is 0.379 e. The molecule has 1 aliphatic heterocycles. The van der Waals surface area contributed by atoms with Gasteiger partial charge in [0.25, 0.3) is 0 Å². The third kappa shape index (κ3) is 4.13. The second-order valence-electron chi connectivity index (χ2n) is 4.35. The van der Waals surface area contributed by atoms with E-state index in [-0.39, 0.29) is 24.8 Å². The van der Waals surface area contributed by atoms with Crippen molar-refractivity contribution in [2.45, 2.75) is 5.60 Å². The zero-order chi connectivity index (χ0) is 13.0. The van der Waals surface area contributed by atoms with Crippen LogP contribution in [-0.2, 0) is 10.3 Å². The molecule has 1 unspecified atom stereocenters. The first-order valence-corrected chi connectivity index (χ1v) is 5.74. The first-order valence-electron chi connectivity index (χ1n) is 5.74. The molecule has 1 fully saturated rings. The number of rotatable bonds is 5. The number of hydrogen-bond donors (Lipinski definition) is 2. The number of aromatic nitrogens is 2. The summed E-state index contributed by atoms with van der Waals surface area (Å²) >= 11 is 0. The van der Waals surface area contributed by atoms with Crippen LogP contribution in [0.2, 0.25) is 0 Å². The fourth-order valence-corrected chi connectivity index (χ4v) is 2.06. The SMILES string of the molecule is Cl.O=[N+]([O-])CC(O)(CN1CCOCC1)c1ncc[nH]1. The second kappa shape index (κ2) is 6.80. The molecule has 1 atom stereocenters. The Morgan fingerprint density at radius 1 is 1.58 bits per heavy atom. The number of aromatic amines is 1. The molecule has 0 saturated carbocycles. The van der Waals surface area contributed by atoms with E-state index in [4.69, 9.17) is 4.74 Å². The van der Waals surface area contributed by atoms with Crippen LogP contribution >= 0.6 is 12.4 Å². The van der Waals surface area contributed by atoms with Crippen molar-refractivity contribution in [3.05, 3.63) is 28.3 Å². The summed E-state index contributed by atoms with van der Waals surface area (Å²) in [5.41, 5.74) is -1.59. The summed E-state index contributed by atoms with van der Waals surface area (Å²) in [6.45, 7) is 2.06. The van der Waals surface area contributed by atoms with Crippen molar-refractivity contribution in [2.75, 3.05) is 39.4 Å². The molecule has 1 saturated heterocycles. The van der Waals surface area contributed by atoms with E-state index in [0.717, 1.165) is 0 Å². The summed E-state index contributed by atoms with van der Waals surface area (Å²) in [6, 6.07) is 0. The molecule has 0 aliphatic carbocycles. The van der Waals surface area contributed by atoms with Crippen LogP contribution in [0.4, 0.5) is 0 Å². The maximum atomic E-state index is 10.7. The van der Waals surface area contributed by atoms with Crippen LogP contribution in [0.5, 0.6) is 0 Å². The monoisotopic (exact) mass is 292 g/mol. The van der Waals surface area contributed by atoms with Crippen LogP contribution in [0.1, 0.15) is 5.82 Å². The number of β-amino-alcohol motifs (C(OH)–C–C–N with tert-alkyl or cyclic N) is 1. The highest BCUT2D eigenvalue weighted by atomic mass is 35.5. The summed E-state index contributed by atoms with van der Waals surface area (Å²) < 4.78 is 5.21. The second-order valence-corrected chi connectivity index (χ2v) is 4.35. The molecule has 1 aliphatic rings. The number of ether oxygens (including phenoxy) is 1. The summed E-state index contributed by atoms with van der Waals surface area (Å²) in [7, 11) is 0. The van der Waals surface area contributed by atoms with Gasteiger partial charge in [-0.05, 0) is 0 Å². The Labute approximate surface area is 116 Å². The van der Waals surface area contributed by atoms with Gasteiger partial charge in [0.2, 0.25) is 6.54 Å². The van der Waals surface area contributed by atoms with Crippen molar-refractivity contribution >= 4 is 12.4 Å². The van der Waals surface area contributed by atoms with Crippen LogP contribution in [0, 0.1) is 10.1 Å². The zero-order valence-electron chi connectivity index (χ0n) is 10.3. The van der Waals surface area contributed by atoms with Crippen LogP contribution in [0.15, 0.2) is 12.4 Å². The number of aliphatic hydroxyl groups is 1. The molecule has 19 heavy (non-hydrogen) atoms. The highest BCUT2D eigenvalue weighted by molar-refractivity contribution is 5.85. The van der Waals surface area contributed by atoms with Gasteiger partial charge in [-0.1, -0.05) is 0 Å². The fourth-order valence-electron chi connectivity index (χ4n) is 2.06. The lowest BCUT2D eigenvalue weighted by atomic mass is 10.0. The molecule has 0 bridgehead atoms. The molecule has 0 amide bonds. The van der Waals surface area contributed by atoms with E-state index in [0.29, 0.717) is 26.3 Å². The van der Waals surface area contributed by atoms with Crippen molar-refractivity contribution in [1.29, 1.82) is 0 Å². The fraction of sp³-hybridized carbons (Fsp3) is 0.700. The number of nitrogens with one attached hydrogen (secondary N) is 1. The molecule has 0 spiro atoms. The molecule has 108 valence electrons. The van der Waals surface area contributed by atoms with Crippen molar-refractivity contribution in [3.8, 4) is 0 Å². The van der Waals surface area contributed by atoms with E-state index < -0.39 is 17.1 Å². The zero-order valence-corrected chi connectivity index (χ0v) is 11.1. The maximum absolute atomic E-state index is 10.7. The molecule has 0 aromatic carbocycles. The smallest absolute Gasteiger partial charge is 0.240 e. The van der Waals surface area contributed by atoms with Gasteiger partial charge in [-0.15, -0.1) is 12.4 Å². The number of nitrogens with zero attached hydrogens (tertiary/aromatic N) is 3. The standard InChI is InChI=1S/C10H16N4O4.ClH/c15-10(8-14(16)17,9-11-1-2-12-9)7-13-3-5-18-6-4-13;/h1-2,15H,3-8H2,(H,11,12);1H. The Balaban J connectivity index is 0.00000180. The molecule has 1 aromatic heterocycles. The van der Waals surface area contributed by atoms with E-state index in [1.165, 1.54) is 6.20 Å². The molecule has 8 nitrogen and oxygen atoms in total. The lowest BCUT2D eigenvalue weighted by Gasteiger charge is -2.32. The number of hydrogen-bond acceptors (Lipinski definition) is 6. The van der Waals surface area contributed by atoms with E-state index in [2.05, 4.69) is 9.97 Å². The lowest BCUT2D eigenvalue weighted by Crippen LogP contribution is -2.49. The highest BCUT2D eigenvalue weighted by Gasteiger charge is 2.40. The first-order chi connectivity index (χ1) is 8.60. The number of imidazole rings is 1. The summed E-state index contributed by atoms with van der Waals surface area (Å²) in [5, 5.41) is 21.2. The number of halogens is 1. The topological polar surface area (TPSA) is 105 Å². The van der Waals surface area contributed by atoms with Gasteiger partial charge >= 0.3 is 0 Å². The van der Waals surface area contributed by atoms with Crippen LogP contribution < -0.4 is 0 Å². The average Bonchev–Trinajstić information content (AvgIpc) is 2.83. The van der Waals surface area contributed by atoms with Crippen LogP contribution in [0.3, 0.4) is 0 Å². The molecule has 0 radical (unpaired) electrons. The average molecular weight is 293 g/mol. The number of morpholine rings is 1. The van der Waals surface area contributed by atoms with Gasteiger partial charge in [-0.25, -0.2) is 4.98 Å². The molecule has 2 rings (SSSR count). The number of H-pyrrole nitrogens is 1. The van der Waals surface area contributed by atoms with Gasteiger partial charge in [0.1, 0.15) is 5.82 Å². The van der Waals surface area contributed by atoms with Gasteiger partial charge in [-0.2, -0.15) is 0 Å². The Bertz CT molecular complexity index is 396. The minimum absolute atomic E-state index is 0. The predicted molar refractivity (Wildman–Crippen MR) is 68.9 cm³/mol. The van der Waals surface area contributed by atoms with Crippen LogP contribution in [0.25, 0.3) is 0 Å². The van der Waals surface area contributed by atoms with E-state index in [1.807, 2.05) is 4.90 Å². The minimum Gasteiger partial charge on any atom is -0.379 e. The summed E-state index contributed by atoms with van der Waals surface area (Å²) in [5.74, 6) is 0.227. The predicted octanol–water partition coefficient (Wildman–Crippen LogP) is -0.372. The van der Waals surface area contributed by atoms with Gasteiger partial charge in [0.05, 0.1) is 13.2 Å². The maximum Gasteiger partial charge on any atom is 0.240 e. The molecule has 2 heterocycles. The molecule has 9 heteroatoms. The third-order valence-electron chi connectivity index (χ3n) is 2.92. The van der Waals surface area contributed by atoms with Crippen LogP contribution in [-0.4, -0.2) is 64.3 Å². The minimum atomic E-state index is -1.59. The van der Waals surface area contributed by atoms with Gasteiger partial charge in [0, 0.05) is 37.0 Å². The molecular weight excluding hydrogens is 276 g/mol. The molecular formula is C10H17ClN4O4. The quantitative estimate of drug-likeness (QED) is 0.567. The summed E-state index contributed by atoms with van der Waals surface area (Å²) in [4.78, 5) is 18.8. The van der Waals surface area contributed by atoms with E-state index in [9.17, 15) is 15.2 Å². The van der Waals surface area contributed by atoms with Crippen molar-refractivity contribution in [1.82, 2.24) is 14.9 Å². The van der Waals surface area contributed by atoms with E-state index in [1.54, 1.807) is 6.20 Å². The Morgan fingerprint density at radius 2 is 2.26 bits per heavy atom. The van der Waals surface area contributed by atoms with Gasteiger partial charge in [-0.3, -0.25) is 15.0 Å². The normalized spacial score (nSPS) is 19.4. The van der Waals surface area contributed by atoms with Gasteiger partial charge < -0.3 is 14.8 Å². The summed E-state index contributed by atoms with van der Waals surface area (Å²) in [6.07, 6.45) is 3.01. The Morgan fingerprint density at radius 3 is 2.79 bits per heavy atom. The highest BCUT2D eigenvalue weighted by Crippen LogP contribution is 2.20. The molecule has 2 N–H and O–H groups in total. The van der Waals surface area contributed by atoms with Crippen molar-refractivity contribution in [3.63, 3.8) is 0 Å². The number of nitro groups is 1. The lowest BCUT2D eigenvalue weighted by molar-refractivity contribution is -0.503. The third-order valence-corrected chi connectivity index (χ3v) is 2.92. The first kappa shape index (κ1) is 15.8. The van der Waals surface area contributed by atoms with E-state index >= 15 is 0 Å². The Hall–Kier alpha value is -1.22. The Kier molecular flexibility index (Phi) is 5.67. The van der Waals surface area contributed by atoms with Crippen molar-refractivity contribution in [2.24, 2.45) is 0 Å². The van der Waals surface area contributed by atoms with Gasteiger partial charge in [0.15, 0.2) is 5.60 Å². The van der Waals surface area contributed by atoms with Crippen molar-refractivity contribution < 1.29 is 14.8 Å². The molecule has 1 aromatic rings.